The van der Waals surface area contributed by atoms with Crippen LogP contribution in [0.25, 0.3) is 0 Å². The molecule has 0 radical (unpaired) electrons. The third-order valence-corrected chi connectivity index (χ3v) is 6.05. The van der Waals surface area contributed by atoms with E-state index >= 15 is 0 Å². The molecule has 0 saturated carbocycles. The van der Waals surface area contributed by atoms with Crippen LogP contribution in [0.1, 0.15) is 35.1 Å². The highest BCUT2D eigenvalue weighted by molar-refractivity contribution is 7.12. The molecule has 3 rings (SSSR count). The van der Waals surface area contributed by atoms with Gasteiger partial charge in [0.15, 0.2) is 0 Å². The number of benzene rings is 1. The lowest BCUT2D eigenvalue weighted by atomic mass is 9.95. The maximum absolute atomic E-state index is 14.6. The van der Waals surface area contributed by atoms with Gasteiger partial charge in [-0.2, -0.15) is 0 Å². The zero-order valence-electron chi connectivity index (χ0n) is 15.9. The Morgan fingerprint density at radius 3 is 2.54 bits per heavy atom. The first-order valence-corrected chi connectivity index (χ1v) is 10.3. The van der Waals surface area contributed by atoms with Crippen LogP contribution in [0.2, 0.25) is 0 Å². The van der Waals surface area contributed by atoms with E-state index in [0.717, 1.165) is 13.1 Å². The molecular formula is C21H23FN2O3S. The SMILES string of the molecule is CC[NH+](CC)CCN1C(=O)C([O-])=C(C(=O)c2cccs2)C1c1ccccc1F. The fourth-order valence-corrected chi connectivity index (χ4v) is 4.22. The fourth-order valence-electron chi connectivity index (χ4n) is 3.54. The second kappa shape index (κ2) is 8.67. The molecule has 0 bridgehead atoms. The van der Waals surface area contributed by atoms with Crippen molar-refractivity contribution in [1.29, 1.82) is 0 Å². The highest BCUT2D eigenvalue weighted by atomic mass is 32.1. The zero-order chi connectivity index (χ0) is 20.3. The summed E-state index contributed by atoms with van der Waals surface area (Å²) in [5, 5.41) is 14.5. The van der Waals surface area contributed by atoms with Crippen LogP contribution in [0.4, 0.5) is 4.39 Å². The predicted molar refractivity (Wildman–Crippen MR) is 103 cm³/mol. The van der Waals surface area contributed by atoms with Gasteiger partial charge in [0.1, 0.15) is 5.82 Å². The van der Waals surface area contributed by atoms with Crippen LogP contribution in [0.3, 0.4) is 0 Å². The molecule has 0 fully saturated rings. The standard InChI is InChI=1S/C21H23FN2O3S/c1-3-23(4-2)11-12-24-18(14-8-5-6-9-15(14)22)17(20(26)21(24)27)19(25)16-10-7-13-28-16/h5-10,13,18,26H,3-4,11-12H2,1-2H3. The molecular weight excluding hydrogens is 379 g/mol. The Morgan fingerprint density at radius 2 is 1.93 bits per heavy atom. The van der Waals surface area contributed by atoms with Crippen molar-refractivity contribution in [3.63, 3.8) is 0 Å². The second-order valence-electron chi connectivity index (χ2n) is 6.68. The van der Waals surface area contributed by atoms with E-state index in [-0.39, 0.29) is 17.7 Å². The molecule has 1 N–H and O–H groups in total. The molecule has 1 atom stereocenters. The van der Waals surface area contributed by atoms with E-state index in [4.69, 9.17) is 0 Å². The van der Waals surface area contributed by atoms with E-state index in [2.05, 4.69) is 0 Å². The van der Waals surface area contributed by atoms with E-state index in [1.54, 1.807) is 29.6 Å². The predicted octanol–water partition coefficient (Wildman–Crippen LogP) is 1.19. The van der Waals surface area contributed by atoms with E-state index in [1.165, 1.54) is 33.3 Å². The van der Waals surface area contributed by atoms with Crippen molar-refractivity contribution in [3.8, 4) is 0 Å². The van der Waals surface area contributed by atoms with Crippen molar-refractivity contribution in [2.45, 2.75) is 19.9 Å². The molecule has 1 unspecified atom stereocenters. The summed E-state index contributed by atoms with van der Waals surface area (Å²) in [6, 6.07) is 8.33. The van der Waals surface area contributed by atoms with Gasteiger partial charge in [-0.25, -0.2) is 4.39 Å². The Labute approximate surface area is 167 Å². The molecule has 7 heteroatoms. The first kappa shape index (κ1) is 20.2. The van der Waals surface area contributed by atoms with E-state index in [9.17, 15) is 19.1 Å². The van der Waals surface area contributed by atoms with Crippen molar-refractivity contribution >= 4 is 23.0 Å². The molecule has 1 aliphatic rings. The molecule has 1 aromatic heterocycles. The van der Waals surface area contributed by atoms with Crippen LogP contribution < -0.4 is 10.0 Å². The smallest absolute Gasteiger partial charge is 0.240 e. The number of carbonyl (C=O) groups excluding carboxylic acids is 2. The highest BCUT2D eigenvalue weighted by Gasteiger charge is 2.41. The molecule has 2 heterocycles. The van der Waals surface area contributed by atoms with Crippen LogP contribution in [-0.4, -0.2) is 42.8 Å². The zero-order valence-corrected chi connectivity index (χ0v) is 16.7. The van der Waals surface area contributed by atoms with Crippen molar-refractivity contribution in [2.24, 2.45) is 0 Å². The lowest BCUT2D eigenvalue weighted by Crippen LogP contribution is -3.12. The van der Waals surface area contributed by atoms with Gasteiger partial charge in [-0.3, -0.25) is 9.59 Å². The first-order valence-electron chi connectivity index (χ1n) is 9.37. The van der Waals surface area contributed by atoms with Gasteiger partial charge in [0, 0.05) is 11.1 Å². The van der Waals surface area contributed by atoms with Crippen LogP contribution in [0.15, 0.2) is 53.1 Å². The van der Waals surface area contributed by atoms with Gasteiger partial charge < -0.3 is 14.9 Å². The summed E-state index contributed by atoms with van der Waals surface area (Å²) in [4.78, 5) is 28.7. The molecule has 1 amide bonds. The summed E-state index contributed by atoms with van der Waals surface area (Å²) in [6.45, 7) is 6.74. The monoisotopic (exact) mass is 402 g/mol. The number of amides is 1. The highest BCUT2D eigenvalue weighted by Crippen LogP contribution is 2.39. The Hall–Kier alpha value is -2.51. The molecule has 1 aromatic carbocycles. The third-order valence-electron chi connectivity index (χ3n) is 5.18. The van der Waals surface area contributed by atoms with Crippen LogP contribution in [-0.2, 0) is 4.79 Å². The number of halogens is 1. The quantitative estimate of drug-likeness (QED) is 0.675. The normalized spacial score (nSPS) is 17.1. The minimum absolute atomic E-state index is 0.160. The van der Waals surface area contributed by atoms with Crippen LogP contribution >= 0.6 is 11.3 Å². The first-order chi connectivity index (χ1) is 13.5. The Morgan fingerprint density at radius 1 is 1.21 bits per heavy atom. The Balaban J connectivity index is 2.03. The molecule has 0 saturated heterocycles. The molecule has 28 heavy (non-hydrogen) atoms. The van der Waals surface area contributed by atoms with Gasteiger partial charge >= 0.3 is 0 Å². The lowest BCUT2D eigenvalue weighted by Gasteiger charge is -2.29. The number of Topliss-reactive ketones (excluding diaryl/α,β-unsaturated/α-hetero) is 1. The van der Waals surface area contributed by atoms with Crippen molar-refractivity contribution < 1.29 is 24.0 Å². The third kappa shape index (κ3) is 3.72. The van der Waals surface area contributed by atoms with Gasteiger partial charge in [0.05, 0.1) is 37.1 Å². The average Bonchev–Trinajstić information content (AvgIpc) is 3.31. The summed E-state index contributed by atoms with van der Waals surface area (Å²) in [5.74, 6) is -2.60. The Bertz CT molecular complexity index is 891. The second-order valence-corrected chi connectivity index (χ2v) is 7.63. The summed E-state index contributed by atoms with van der Waals surface area (Å²) in [5.41, 5.74) is 0.0169. The fraction of sp³-hybridized carbons (Fsp3) is 0.333. The van der Waals surface area contributed by atoms with Crippen molar-refractivity contribution in [3.05, 3.63) is 69.4 Å². The number of likely N-dealkylation sites (N-methyl/N-ethyl adjacent to an activating group) is 1. The van der Waals surface area contributed by atoms with Crippen LogP contribution in [0, 0.1) is 5.82 Å². The number of nitrogens with one attached hydrogen (secondary N) is 1. The molecule has 0 spiro atoms. The molecule has 2 aromatic rings. The average molecular weight is 402 g/mol. The van der Waals surface area contributed by atoms with E-state index in [1.807, 2.05) is 13.8 Å². The van der Waals surface area contributed by atoms with Crippen molar-refractivity contribution in [2.75, 3.05) is 26.2 Å². The van der Waals surface area contributed by atoms with Gasteiger partial charge in [-0.1, -0.05) is 24.3 Å². The molecule has 0 aliphatic carbocycles. The molecule has 148 valence electrons. The molecule has 5 nitrogen and oxygen atoms in total. The number of rotatable bonds is 8. The maximum Gasteiger partial charge on any atom is 0.240 e. The number of quaternary nitrogens is 1. The topological polar surface area (TPSA) is 64.9 Å². The summed E-state index contributed by atoms with van der Waals surface area (Å²) < 4.78 is 14.6. The lowest BCUT2D eigenvalue weighted by molar-refractivity contribution is -0.895. The number of nitrogens with zero attached hydrogens (tertiary/aromatic N) is 1. The number of thiophene rings is 1. The van der Waals surface area contributed by atoms with Gasteiger partial charge in [-0.15, -0.1) is 11.3 Å². The Kier molecular flexibility index (Phi) is 6.26. The number of ketones is 1. The van der Waals surface area contributed by atoms with Crippen LogP contribution in [0.5, 0.6) is 0 Å². The van der Waals surface area contributed by atoms with Gasteiger partial charge in [0.25, 0.3) is 0 Å². The summed E-state index contributed by atoms with van der Waals surface area (Å²) >= 11 is 1.20. The minimum Gasteiger partial charge on any atom is -0.868 e. The number of hydrogen-bond donors (Lipinski definition) is 1. The van der Waals surface area contributed by atoms with Gasteiger partial charge in [-0.05, 0) is 37.1 Å². The summed E-state index contributed by atoms with van der Waals surface area (Å²) in [7, 11) is 0. The summed E-state index contributed by atoms with van der Waals surface area (Å²) in [6.07, 6.45) is 0. The number of carbonyl (C=O) groups is 2. The maximum atomic E-state index is 14.6. The number of hydrogen-bond acceptors (Lipinski definition) is 4. The van der Waals surface area contributed by atoms with Crippen molar-refractivity contribution in [1.82, 2.24) is 4.90 Å². The largest absolute Gasteiger partial charge is 0.868 e. The molecule has 1 aliphatic heterocycles. The van der Waals surface area contributed by atoms with Gasteiger partial charge in [0.2, 0.25) is 11.7 Å². The minimum atomic E-state index is -0.995. The van der Waals surface area contributed by atoms with E-state index in [0.29, 0.717) is 11.4 Å². The van der Waals surface area contributed by atoms with E-state index < -0.39 is 29.3 Å².